The van der Waals surface area contributed by atoms with Crippen LogP contribution in [0, 0.1) is 13.8 Å². The summed E-state index contributed by atoms with van der Waals surface area (Å²) in [7, 11) is -0.725. The lowest BCUT2D eigenvalue weighted by molar-refractivity contribution is -0.123. The molecule has 0 heterocycles. The first-order chi connectivity index (χ1) is 13.1. The van der Waals surface area contributed by atoms with Crippen molar-refractivity contribution in [1.29, 1.82) is 0 Å². The van der Waals surface area contributed by atoms with Gasteiger partial charge >= 0.3 is 0 Å². The molecule has 2 aromatic carbocycles. The maximum absolute atomic E-state index is 12.1. The molecule has 0 bridgehead atoms. The molecule has 0 saturated heterocycles. The average molecular weight is 405 g/mol. The van der Waals surface area contributed by atoms with Crippen LogP contribution in [0.5, 0.6) is 5.75 Å². The number of aryl methyl sites for hydroxylation is 2. The van der Waals surface area contributed by atoms with Crippen LogP contribution < -0.4 is 15.6 Å². The van der Waals surface area contributed by atoms with E-state index in [9.17, 15) is 18.0 Å². The number of nitrogens with zero attached hydrogens (tertiary/aromatic N) is 1. The molecule has 2 rings (SSSR count). The molecule has 0 atom stereocenters. The van der Waals surface area contributed by atoms with E-state index in [1.54, 1.807) is 0 Å². The average Bonchev–Trinajstić information content (AvgIpc) is 2.63. The highest BCUT2D eigenvalue weighted by Gasteiger charge is 2.17. The topological polar surface area (TPSA) is 105 Å². The molecule has 0 aromatic heterocycles. The van der Waals surface area contributed by atoms with Gasteiger partial charge in [0.05, 0.1) is 4.90 Å². The third kappa shape index (κ3) is 5.54. The molecule has 0 fully saturated rings. The Morgan fingerprint density at radius 1 is 0.964 bits per heavy atom. The molecule has 28 heavy (non-hydrogen) atoms. The van der Waals surface area contributed by atoms with E-state index >= 15 is 0 Å². The highest BCUT2D eigenvalue weighted by molar-refractivity contribution is 7.89. The van der Waals surface area contributed by atoms with Crippen LogP contribution in [-0.4, -0.2) is 45.2 Å². The summed E-state index contributed by atoms with van der Waals surface area (Å²) in [5.41, 5.74) is 6.75. The van der Waals surface area contributed by atoms with Gasteiger partial charge in [-0.3, -0.25) is 20.4 Å². The van der Waals surface area contributed by atoms with Crippen molar-refractivity contribution in [3.63, 3.8) is 0 Å². The Morgan fingerprint density at radius 2 is 1.54 bits per heavy atom. The smallest absolute Gasteiger partial charge is 0.276 e. The van der Waals surface area contributed by atoms with E-state index in [0.717, 1.165) is 15.4 Å². The van der Waals surface area contributed by atoms with Gasteiger partial charge in [0.1, 0.15) is 5.75 Å². The predicted octanol–water partition coefficient (Wildman–Crippen LogP) is 1.39. The maximum atomic E-state index is 12.1. The lowest BCUT2D eigenvalue weighted by Crippen LogP contribution is -2.43. The third-order valence-electron chi connectivity index (χ3n) is 3.78. The van der Waals surface area contributed by atoms with Gasteiger partial charge in [-0.15, -0.1) is 0 Å². The minimum Gasteiger partial charge on any atom is -0.484 e. The number of hydrogen-bond donors (Lipinski definition) is 2. The van der Waals surface area contributed by atoms with Gasteiger partial charge in [0.2, 0.25) is 10.0 Å². The second-order valence-corrected chi connectivity index (χ2v) is 8.58. The standard InChI is InChI=1S/C19H23N3O5S/c1-13-9-14(2)11-16(10-13)27-12-18(23)20-21-19(24)15-5-7-17(8-6-15)28(25,26)22(3)4/h5-11H,12H2,1-4H3,(H,20,23)(H,21,24). The second kappa shape index (κ2) is 8.85. The lowest BCUT2D eigenvalue weighted by Gasteiger charge is -2.12. The van der Waals surface area contributed by atoms with Crippen molar-refractivity contribution in [3.05, 3.63) is 59.2 Å². The zero-order valence-electron chi connectivity index (χ0n) is 16.1. The van der Waals surface area contributed by atoms with Crippen LogP contribution in [0.25, 0.3) is 0 Å². The van der Waals surface area contributed by atoms with Gasteiger partial charge in [0.25, 0.3) is 11.8 Å². The Morgan fingerprint density at radius 3 is 2.07 bits per heavy atom. The van der Waals surface area contributed by atoms with Gasteiger partial charge in [-0.1, -0.05) is 6.07 Å². The molecular formula is C19H23N3O5S. The maximum Gasteiger partial charge on any atom is 0.276 e. The van der Waals surface area contributed by atoms with E-state index in [1.807, 2.05) is 32.0 Å². The van der Waals surface area contributed by atoms with Crippen molar-refractivity contribution >= 4 is 21.8 Å². The van der Waals surface area contributed by atoms with Crippen molar-refractivity contribution in [2.24, 2.45) is 0 Å². The van der Waals surface area contributed by atoms with Crippen LogP contribution in [0.1, 0.15) is 21.5 Å². The van der Waals surface area contributed by atoms with Crippen molar-refractivity contribution in [2.45, 2.75) is 18.7 Å². The molecular weight excluding hydrogens is 382 g/mol. The fraction of sp³-hybridized carbons (Fsp3) is 0.263. The van der Waals surface area contributed by atoms with E-state index in [0.29, 0.717) is 5.75 Å². The molecule has 8 nitrogen and oxygen atoms in total. The van der Waals surface area contributed by atoms with E-state index in [-0.39, 0.29) is 17.1 Å². The zero-order chi connectivity index (χ0) is 20.9. The molecule has 0 radical (unpaired) electrons. The zero-order valence-corrected chi connectivity index (χ0v) is 17.0. The van der Waals surface area contributed by atoms with Crippen LogP contribution in [-0.2, 0) is 14.8 Å². The molecule has 9 heteroatoms. The molecule has 2 N–H and O–H groups in total. The Kier molecular flexibility index (Phi) is 6.76. The Hall–Kier alpha value is -2.91. The Balaban J connectivity index is 1.88. The second-order valence-electron chi connectivity index (χ2n) is 6.43. The molecule has 2 aromatic rings. The quantitative estimate of drug-likeness (QED) is 0.707. The van der Waals surface area contributed by atoms with Gasteiger partial charge < -0.3 is 4.74 Å². The molecule has 150 valence electrons. The molecule has 0 aliphatic heterocycles. The highest BCUT2D eigenvalue weighted by atomic mass is 32.2. The highest BCUT2D eigenvalue weighted by Crippen LogP contribution is 2.16. The van der Waals surface area contributed by atoms with Crippen molar-refractivity contribution < 1.29 is 22.7 Å². The minimum atomic E-state index is -3.57. The molecule has 2 amide bonds. The fourth-order valence-corrected chi connectivity index (χ4v) is 3.29. The van der Waals surface area contributed by atoms with E-state index in [4.69, 9.17) is 4.74 Å². The fourth-order valence-electron chi connectivity index (χ4n) is 2.39. The van der Waals surface area contributed by atoms with Crippen molar-refractivity contribution in [2.75, 3.05) is 20.7 Å². The largest absolute Gasteiger partial charge is 0.484 e. The first kappa shape index (κ1) is 21.4. The van der Waals surface area contributed by atoms with Crippen molar-refractivity contribution in [3.8, 4) is 5.75 Å². The predicted molar refractivity (Wildman–Crippen MR) is 104 cm³/mol. The molecule has 0 spiro atoms. The summed E-state index contributed by atoms with van der Waals surface area (Å²) in [6.07, 6.45) is 0. The summed E-state index contributed by atoms with van der Waals surface area (Å²) in [6.45, 7) is 3.59. The van der Waals surface area contributed by atoms with Crippen LogP contribution in [0.15, 0.2) is 47.4 Å². The van der Waals surface area contributed by atoms with Gasteiger partial charge in [-0.25, -0.2) is 12.7 Å². The van der Waals surface area contributed by atoms with Gasteiger partial charge in [0.15, 0.2) is 6.61 Å². The molecule has 0 aliphatic rings. The van der Waals surface area contributed by atoms with Gasteiger partial charge in [-0.2, -0.15) is 0 Å². The summed E-state index contributed by atoms with van der Waals surface area (Å²) in [5.74, 6) is -0.537. The van der Waals surface area contributed by atoms with Crippen LogP contribution in [0.2, 0.25) is 0 Å². The molecule has 0 unspecified atom stereocenters. The number of carbonyl (C=O) groups excluding carboxylic acids is 2. The number of ether oxygens (including phenoxy) is 1. The van der Waals surface area contributed by atoms with Crippen LogP contribution in [0.4, 0.5) is 0 Å². The lowest BCUT2D eigenvalue weighted by atomic mass is 10.1. The first-order valence-corrected chi connectivity index (χ1v) is 9.86. The number of rotatable bonds is 6. The van der Waals surface area contributed by atoms with Gasteiger partial charge in [-0.05, 0) is 61.4 Å². The van der Waals surface area contributed by atoms with Crippen LogP contribution >= 0.6 is 0 Å². The number of nitrogens with one attached hydrogen (secondary N) is 2. The summed E-state index contributed by atoms with van der Waals surface area (Å²) in [5, 5.41) is 0. The first-order valence-electron chi connectivity index (χ1n) is 8.42. The van der Waals surface area contributed by atoms with Crippen molar-refractivity contribution in [1.82, 2.24) is 15.2 Å². The Bertz CT molecular complexity index is 949. The number of sulfonamides is 1. The van der Waals surface area contributed by atoms with E-state index in [2.05, 4.69) is 10.9 Å². The number of hydrogen-bond acceptors (Lipinski definition) is 5. The summed E-state index contributed by atoms with van der Waals surface area (Å²) in [4.78, 5) is 24.0. The SMILES string of the molecule is Cc1cc(C)cc(OCC(=O)NNC(=O)c2ccc(S(=O)(=O)N(C)C)cc2)c1. The monoisotopic (exact) mass is 405 g/mol. The number of carbonyl (C=O) groups is 2. The number of amides is 2. The van der Waals surface area contributed by atoms with Gasteiger partial charge in [0, 0.05) is 19.7 Å². The summed E-state index contributed by atoms with van der Waals surface area (Å²) >= 11 is 0. The minimum absolute atomic E-state index is 0.0694. The third-order valence-corrected chi connectivity index (χ3v) is 5.60. The number of benzene rings is 2. The van der Waals surface area contributed by atoms with E-state index in [1.165, 1.54) is 38.4 Å². The number of hydrazine groups is 1. The summed E-state index contributed by atoms with van der Waals surface area (Å²) in [6, 6.07) is 11.0. The molecule has 0 aliphatic carbocycles. The normalized spacial score (nSPS) is 11.2. The Labute approximate surface area is 164 Å². The summed E-state index contributed by atoms with van der Waals surface area (Å²) < 4.78 is 30.5. The van der Waals surface area contributed by atoms with E-state index < -0.39 is 21.8 Å². The van der Waals surface area contributed by atoms with Crippen LogP contribution in [0.3, 0.4) is 0 Å². The molecule has 0 saturated carbocycles.